The summed E-state index contributed by atoms with van der Waals surface area (Å²) >= 11 is 1.48. The van der Waals surface area contributed by atoms with Crippen LogP contribution in [0.3, 0.4) is 0 Å². The van der Waals surface area contributed by atoms with Gasteiger partial charge in [0.1, 0.15) is 18.1 Å². The zero-order valence-corrected chi connectivity index (χ0v) is 23.0. The van der Waals surface area contributed by atoms with Gasteiger partial charge >= 0.3 is 5.97 Å². The maximum absolute atomic E-state index is 13.2. The van der Waals surface area contributed by atoms with Crippen LogP contribution in [0.15, 0.2) is 4.99 Å². The van der Waals surface area contributed by atoms with Crippen molar-refractivity contribution in [2.45, 2.75) is 83.0 Å². The van der Waals surface area contributed by atoms with Gasteiger partial charge in [0.2, 0.25) is 17.7 Å². The van der Waals surface area contributed by atoms with Crippen molar-refractivity contribution < 1.29 is 24.3 Å². The Bertz CT molecular complexity index is 751. The van der Waals surface area contributed by atoms with Gasteiger partial charge in [0, 0.05) is 6.54 Å². The number of guanidine groups is 1. The fraction of sp³-hybridized carbons (Fsp3) is 0.783. The largest absolute Gasteiger partial charge is 0.480 e. The number of carbonyl (C=O) groups excluding carboxylic acids is 3. The van der Waals surface area contributed by atoms with Crippen molar-refractivity contribution in [2.75, 3.05) is 25.1 Å². The Hall–Kier alpha value is -2.58. The van der Waals surface area contributed by atoms with E-state index in [2.05, 4.69) is 20.9 Å². The first-order valence-corrected chi connectivity index (χ1v) is 14.0. The summed E-state index contributed by atoms with van der Waals surface area (Å²) in [4.78, 5) is 54.3. The molecule has 0 rings (SSSR count). The minimum Gasteiger partial charge on any atom is -0.480 e. The average Bonchev–Trinajstić information content (AvgIpc) is 2.85. The number of rotatable bonds is 20. The Morgan fingerprint density at radius 3 is 1.95 bits per heavy atom. The van der Waals surface area contributed by atoms with Crippen LogP contribution < -0.4 is 38.9 Å². The molecular formula is C23H46N8O5S. The van der Waals surface area contributed by atoms with Crippen LogP contribution in [-0.4, -0.2) is 84.0 Å². The van der Waals surface area contributed by atoms with Gasteiger partial charge < -0.3 is 44.0 Å². The second kappa shape index (κ2) is 19.5. The molecule has 0 saturated carbocycles. The van der Waals surface area contributed by atoms with Crippen molar-refractivity contribution in [3.8, 4) is 0 Å². The summed E-state index contributed by atoms with van der Waals surface area (Å²) in [6.45, 7) is 4.43. The second-order valence-corrected chi connectivity index (χ2v) is 9.93. The third-order valence-corrected chi connectivity index (χ3v) is 6.59. The minimum atomic E-state index is -1.21. The molecule has 0 bridgehead atoms. The van der Waals surface area contributed by atoms with Crippen LogP contribution in [0.4, 0.5) is 0 Å². The van der Waals surface area contributed by atoms with Gasteiger partial charge in [-0.05, 0) is 63.0 Å². The Kier molecular flexibility index (Phi) is 18.2. The fourth-order valence-corrected chi connectivity index (χ4v) is 3.82. The normalized spacial score (nSPS) is 14.9. The fourth-order valence-electron chi connectivity index (χ4n) is 3.35. The van der Waals surface area contributed by atoms with E-state index in [1.807, 2.05) is 20.1 Å². The Labute approximate surface area is 223 Å². The molecule has 0 spiro atoms. The zero-order chi connectivity index (χ0) is 28.4. The van der Waals surface area contributed by atoms with Gasteiger partial charge in [-0.3, -0.25) is 19.4 Å². The van der Waals surface area contributed by atoms with Gasteiger partial charge in [-0.25, -0.2) is 4.79 Å². The third kappa shape index (κ3) is 14.7. The number of nitrogens with zero attached hydrogens (tertiary/aromatic N) is 1. The van der Waals surface area contributed by atoms with Gasteiger partial charge in [0.25, 0.3) is 0 Å². The molecule has 5 atom stereocenters. The highest BCUT2D eigenvalue weighted by Crippen LogP contribution is 2.09. The summed E-state index contributed by atoms with van der Waals surface area (Å²) in [5.41, 5.74) is 22.2. The van der Waals surface area contributed by atoms with Crippen molar-refractivity contribution in [3.05, 3.63) is 0 Å². The van der Waals surface area contributed by atoms with Gasteiger partial charge in [-0.1, -0.05) is 20.3 Å². The molecule has 0 heterocycles. The van der Waals surface area contributed by atoms with Crippen LogP contribution in [0.25, 0.3) is 0 Å². The van der Waals surface area contributed by atoms with E-state index in [1.165, 1.54) is 11.8 Å². The molecular weight excluding hydrogens is 500 g/mol. The van der Waals surface area contributed by atoms with E-state index >= 15 is 0 Å². The monoisotopic (exact) mass is 546 g/mol. The van der Waals surface area contributed by atoms with E-state index in [0.717, 1.165) is 0 Å². The molecule has 0 aromatic carbocycles. The summed E-state index contributed by atoms with van der Waals surface area (Å²) in [6, 6.07) is -3.85. The summed E-state index contributed by atoms with van der Waals surface area (Å²) in [7, 11) is 0. The minimum absolute atomic E-state index is 0.0761. The molecule has 13 nitrogen and oxygen atoms in total. The third-order valence-electron chi connectivity index (χ3n) is 5.94. The topological polar surface area (TPSA) is 241 Å². The molecule has 0 saturated heterocycles. The number of aliphatic imine (C=N–C) groups is 1. The lowest BCUT2D eigenvalue weighted by Crippen LogP contribution is -2.57. The highest BCUT2D eigenvalue weighted by Gasteiger charge is 2.30. The van der Waals surface area contributed by atoms with Crippen LogP contribution in [0, 0.1) is 5.92 Å². The number of nitrogens with one attached hydrogen (secondary N) is 3. The first-order chi connectivity index (χ1) is 17.5. The number of carboxylic acid groups (broad SMARTS) is 1. The quantitative estimate of drug-likeness (QED) is 0.0517. The lowest BCUT2D eigenvalue weighted by molar-refractivity contribution is -0.142. The number of unbranched alkanes of at least 4 members (excludes halogenated alkanes) is 1. The zero-order valence-electron chi connectivity index (χ0n) is 22.2. The maximum atomic E-state index is 13.2. The maximum Gasteiger partial charge on any atom is 0.326 e. The number of carbonyl (C=O) groups is 4. The predicted molar refractivity (Wildman–Crippen MR) is 147 cm³/mol. The highest BCUT2D eigenvalue weighted by molar-refractivity contribution is 7.98. The van der Waals surface area contributed by atoms with E-state index < -0.39 is 47.9 Å². The van der Waals surface area contributed by atoms with E-state index in [-0.39, 0.29) is 31.3 Å². The number of thioether (sulfide) groups is 1. The molecule has 0 aromatic heterocycles. The van der Waals surface area contributed by atoms with Gasteiger partial charge in [-0.2, -0.15) is 11.8 Å². The summed E-state index contributed by atoms with van der Waals surface area (Å²) in [6.07, 6.45) is 4.84. The summed E-state index contributed by atoms with van der Waals surface area (Å²) < 4.78 is 0. The number of aliphatic carboxylic acids is 1. The summed E-state index contributed by atoms with van der Waals surface area (Å²) in [5.74, 6) is -2.45. The Balaban J connectivity index is 5.47. The van der Waals surface area contributed by atoms with E-state index in [9.17, 15) is 24.3 Å². The molecule has 3 amide bonds. The van der Waals surface area contributed by atoms with Crippen molar-refractivity contribution in [2.24, 2.45) is 33.8 Å². The molecule has 37 heavy (non-hydrogen) atoms. The molecule has 214 valence electrons. The Morgan fingerprint density at radius 2 is 1.43 bits per heavy atom. The van der Waals surface area contributed by atoms with Crippen LogP contribution >= 0.6 is 11.8 Å². The van der Waals surface area contributed by atoms with Crippen molar-refractivity contribution in [3.63, 3.8) is 0 Å². The highest BCUT2D eigenvalue weighted by atomic mass is 32.2. The van der Waals surface area contributed by atoms with Crippen LogP contribution in [0.2, 0.25) is 0 Å². The van der Waals surface area contributed by atoms with E-state index in [1.54, 1.807) is 0 Å². The molecule has 0 fully saturated rings. The molecule has 12 N–H and O–H groups in total. The molecule has 0 aromatic rings. The second-order valence-electron chi connectivity index (χ2n) is 8.95. The molecule has 0 aliphatic carbocycles. The van der Waals surface area contributed by atoms with Crippen LogP contribution in [0.5, 0.6) is 0 Å². The van der Waals surface area contributed by atoms with Gasteiger partial charge in [0.05, 0.1) is 6.04 Å². The first-order valence-electron chi connectivity index (χ1n) is 12.6. The number of hydrogen-bond acceptors (Lipinski definition) is 8. The Morgan fingerprint density at radius 1 is 0.892 bits per heavy atom. The van der Waals surface area contributed by atoms with E-state index in [0.29, 0.717) is 44.4 Å². The number of hydrogen-bond donors (Lipinski definition) is 8. The molecule has 0 radical (unpaired) electrons. The lowest BCUT2D eigenvalue weighted by atomic mass is 9.98. The van der Waals surface area contributed by atoms with Crippen molar-refractivity contribution in [1.29, 1.82) is 0 Å². The van der Waals surface area contributed by atoms with Crippen molar-refractivity contribution >= 4 is 41.4 Å². The standard InChI is InChI=1S/C23H46N8O5S/c1-4-14(2)18(25)21(34)30-15(8-5-6-11-24)19(32)29-16(10-13-37-3)20(33)31-17(22(35)36)9-7-12-28-23(26)27/h14-18H,4-13,24-25H2,1-3H3,(H,29,32)(H,30,34)(H,31,33)(H,35,36)(H4,26,27,28). The predicted octanol–water partition coefficient (Wildman–Crippen LogP) is -1.17. The number of carboxylic acids is 1. The molecule has 0 aliphatic rings. The summed E-state index contributed by atoms with van der Waals surface area (Å²) in [5, 5.41) is 17.4. The number of amides is 3. The lowest BCUT2D eigenvalue weighted by Gasteiger charge is -2.26. The van der Waals surface area contributed by atoms with Gasteiger partial charge in [0.15, 0.2) is 5.96 Å². The molecule has 14 heteroatoms. The van der Waals surface area contributed by atoms with Crippen LogP contribution in [0.1, 0.15) is 58.8 Å². The van der Waals surface area contributed by atoms with Gasteiger partial charge in [-0.15, -0.1) is 0 Å². The number of nitrogens with two attached hydrogens (primary N) is 4. The van der Waals surface area contributed by atoms with E-state index in [4.69, 9.17) is 22.9 Å². The molecule has 0 aliphatic heterocycles. The smallest absolute Gasteiger partial charge is 0.326 e. The molecule has 5 unspecified atom stereocenters. The van der Waals surface area contributed by atoms with Crippen molar-refractivity contribution in [1.82, 2.24) is 16.0 Å². The first kappa shape index (κ1) is 34.4. The van der Waals surface area contributed by atoms with Crippen LogP contribution in [-0.2, 0) is 19.2 Å². The average molecular weight is 547 g/mol. The SMILES string of the molecule is CCC(C)C(N)C(=O)NC(CCCCN)C(=O)NC(CCSC)C(=O)NC(CCCN=C(N)N)C(=O)O.